The molecule has 7 heteroatoms. The van der Waals surface area contributed by atoms with Crippen LogP contribution in [0.25, 0.3) is 11.0 Å². The zero-order valence-electron chi connectivity index (χ0n) is 10.3. The monoisotopic (exact) mass is 276 g/mol. The number of nitrogens with one attached hydrogen (secondary N) is 1. The van der Waals surface area contributed by atoms with E-state index in [0.717, 1.165) is 17.2 Å². The number of likely N-dealkylation sites (tertiary alicyclic amines) is 1. The Hall–Kier alpha value is -2.02. The van der Waals surface area contributed by atoms with Crippen LogP contribution in [-0.4, -0.2) is 38.6 Å². The van der Waals surface area contributed by atoms with Gasteiger partial charge in [-0.1, -0.05) is 6.07 Å². The molecule has 1 fully saturated rings. The first kappa shape index (κ1) is 12.0. The highest BCUT2D eigenvalue weighted by atomic mass is 32.1. The Kier molecular flexibility index (Phi) is 2.90. The lowest BCUT2D eigenvalue weighted by Crippen LogP contribution is -2.53. The molecule has 0 unspecified atom stereocenters. The summed E-state index contributed by atoms with van der Waals surface area (Å²) in [5.74, 6) is -0.196. The molecule has 1 aromatic heterocycles. The van der Waals surface area contributed by atoms with Gasteiger partial charge in [0, 0.05) is 20.0 Å². The summed E-state index contributed by atoms with van der Waals surface area (Å²) in [6, 6.07) is 5.50. The van der Waals surface area contributed by atoms with Gasteiger partial charge in [0.25, 0.3) is 0 Å². The third kappa shape index (κ3) is 2.17. The normalized spacial score (nSPS) is 15.3. The highest BCUT2D eigenvalue weighted by Gasteiger charge is 2.34. The molecular weight excluding hydrogens is 264 g/mol. The van der Waals surface area contributed by atoms with E-state index in [1.54, 1.807) is 4.90 Å². The summed E-state index contributed by atoms with van der Waals surface area (Å²) in [5.41, 5.74) is 2.17. The van der Waals surface area contributed by atoms with Gasteiger partial charge < -0.3 is 10.2 Å². The third-order valence-corrected chi connectivity index (χ3v) is 3.78. The van der Waals surface area contributed by atoms with Crippen LogP contribution in [0.4, 0.5) is 5.69 Å². The van der Waals surface area contributed by atoms with Crippen LogP contribution < -0.4 is 5.32 Å². The van der Waals surface area contributed by atoms with Crippen molar-refractivity contribution in [1.29, 1.82) is 0 Å². The minimum absolute atomic E-state index is 0.00912. The maximum absolute atomic E-state index is 12.0. The number of rotatable bonds is 2. The van der Waals surface area contributed by atoms with Gasteiger partial charge in [0.15, 0.2) is 0 Å². The van der Waals surface area contributed by atoms with Gasteiger partial charge in [-0.15, -0.1) is 0 Å². The number of carbonyl (C=O) groups excluding carboxylic acids is 2. The van der Waals surface area contributed by atoms with E-state index >= 15 is 0 Å². The zero-order valence-corrected chi connectivity index (χ0v) is 11.1. The fourth-order valence-corrected chi connectivity index (χ4v) is 2.59. The molecule has 2 amide bonds. The standard InChI is InChI=1S/C12H12N4O2S/c1-7(17)16-5-8(6-16)12(18)13-9-3-2-4-10-11(9)15-19-14-10/h2-4,8H,5-6H2,1H3,(H,13,18). The van der Waals surface area contributed by atoms with Crippen LogP contribution in [0.3, 0.4) is 0 Å². The first-order valence-corrected chi connectivity index (χ1v) is 6.66. The Labute approximate surface area is 113 Å². The largest absolute Gasteiger partial charge is 0.341 e. The number of fused-ring (bicyclic) bond motifs is 1. The first-order chi connectivity index (χ1) is 9.15. The van der Waals surface area contributed by atoms with Gasteiger partial charge in [-0.25, -0.2) is 0 Å². The van der Waals surface area contributed by atoms with Gasteiger partial charge in [-0.05, 0) is 12.1 Å². The summed E-state index contributed by atoms with van der Waals surface area (Å²) in [6.45, 7) is 2.49. The van der Waals surface area contributed by atoms with Crippen LogP contribution in [0, 0.1) is 5.92 Å². The van der Waals surface area contributed by atoms with Gasteiger partial charge >= 0.3 is 0 Å². The predicted octanol–water partition coefficient (Wildman–Crippen LogP) is 1.11. The van der Waals surface area contributed by atoms with Crippen LogP contribution in [0.2, 0.25) is 0 Å². The molecule has 0 atom stereocenters. The number of hydrogen-bond donors (Lipinski definition) is 1. The molecule has 1 aliphatic heterocycles. The maximum Gasteiger partial charge on any atom is 0.231 e. The molecule has 0 bridgehead atoms. The average Bonchev–Trinajstić information content (AvgIpc) is 2.75. The number of anilines is 1. The first-order valence-electron chi connectivity index (χ1n) is 5.93. The van der Waals surface area contributed by atoms with E-state index in [-0.39, 0.29) is 17.7 Å². The molecule has 3 rings (SSSR count). The summed E-state index contributed by atoms with van der Waals surface area (Å²) >= 11 is 1.12. The molecule has 6 nitrogen and oxygen atoms in total. The van der Waals surface area contributed by atoms with Crippen molar-refractivity contribution in [3.8, 4) is 0 Å². The molecule has 19 heavy (non-hydrogen) atoms. The smallest absolute Gasteiger partial charge is 0.231 e. The summed E-state index contributed by atoms with van der Waals surface area (Å²) in [4.78, 5) is 24.8. The van der Waals surface area contributed by atoms with Crippen molar-refractivity contribution in [3.05, 3.63) is 18.2 Å². The molecule has 1 N–H and O–H groups in total. The van der Waals surface area contributed by atoms with E-state index in [2.05, 4.69) is 14.1 Å². The zero-order chi connectivity index (χ0) is 13.4. The van der Waals surface area contributed by atoms with Crippen LogP contribution >= 0.6 is 11.7 Å². The molecule has 2 aromatic rings. The van der Waals surface area contributed by atoms with Crippen LogP contribution in [-0.2, 0) is 9.59 Å². The fraction of sp³-hybridized carbons (Fsp3) is 0.333. The number of carbonyl (C=O) groups is 2. The van der Waals surface area contributed by atoms with E-state index in [1.165, 1.54) is 6.92 Å². The van der Waals surface area contributed by atoms with Crippen molar-refractivity contribution in [2.75, 3.05) is 18.4 Å². The second-order valence-corrected chi connectivity index (χ2v) is 5.08. The Bertz CT molecular complexity index is 648. The van der Waals surface area contributed by atoms with Gasteiger partial charge in [0.1, 0.15) is 11.0 Å². The average molecular weight is 276 g/mol. The molecule has 1 aromatic carbocycles. The van der Waals surface area contributed by atoms with Gasteiger partial charge in [-0.3, -0.25) is 9.59 Å². The SMILES string of the molecule is CC(=O)N1CC(C(=O)Nc2cccc3nsnc23)C1. The molecule has 98 valence electrons. The second-order valence-electron chi connectivity index (χ2n) is 4.55. The highest BCUT2D eigenvalue weighted by Crippen LogP contribution is 2.23. The van der Waals surface area contributed by atoms with E-state index in [4.69, 9.17) is 0 Å². The Balaban J connectivity index is 1.70. The number of benzene rings is 1. The number of amides is 2. The summed E-state index contributed by atoms with van der Waals surface area (Å²) in [6.07, 6.45) is 0. The third-order valence-electron chi connectivity index (χ3n) is 3.24. The lowest BCUT2D eigenvalue weighted by molar-refractivity contribution is -0.139. The Morgan fingerprint density at radius 2 is 2.16 bits per heavy atom. The van der Waals surface area contributed by atoms with Gasteiger partial charge in [0.05, 0.1) is 23.3 Å². The van der Waals surface area contributed by atoms with Crippen molar-refractivity contribution in [1.82, 2.24) is 13.6 Å². The lowest BCUT2D eigenvalue weighted by Gasteiger charge is -2.37. The van der Waals surface area contributed by atoms with Crippen molar-refractivity contribution >= 4 is 40.3 Å². The van der Waals surface area contributed by atoms with Crippen molar-refractivity contribution in [3.63, 3.8) is 0 Å². The molecule has 1 saturated heterocycles. The lowest BCUT2D eigenvalue weighted by atomic mass is 9.99. The fourth-order valence-electron chi connectivity index (χ4n) is 2.04. The van der Waals surface area contributed by atoms with E-state index in [0.29, 0.717) is 24.3 Å². The van der Waals surface area contributed by atoms with Crippen molar-refractivity contribution in [2.45, 2.75) is 6.92 Å². The quantitative estimate of drug-likeness (QED) is 0.891. The predicted molar refractivity (Wildman–Crippen MR) is 71.8 cm³/mol. The summed E-state index contributed by atoms with van der Waals surface area (Å²) in [5, 5.41) is 2.86. The van der Waals surface area contributed by atoms with E-state index in [9.17, 15) is 9.59 Å². The molecule has 0 radical (unpaired) electrons. The maximum atomic E-state index is 12.0. The minimum atomic E-state index is -0.134. The molecule has 0 aliphatic carbocycles. The number of hydrogen-bond acceptors (Lipinski definition) is 5. The topological polar surface area (TPSA) is 75.2 Å². The van der Waals surface area contributed by atoms with Gasteiger partial charge in [-0.2, -0.15) is 8.75 Å². The Morgan fingerprint density at radius 3 is 2.89 bits per heavy atom. The highest BCUT2D eigenvalue weighted by molar-refractivity contribution is 7.00. The molecule has 0 saturated carbocycles. The molecule has 1 aliphatic rings. The Morgan fingerprint density at radius 1 is 1.37 bits per heavy atom. The molecule has 2 heterocycles. The minimum Gasteiger partial charge on any atom is -0.341 e. The molecular formula is C12H12N4O2S. The second kappa shape index (κ2) is 4.58. The number of aromatic nitrogens is 2. The van der Waals surface area contributed by atoms with Crippen LogP contribution in [0.5, 0.6) is 0 Å². The van der Waals surface area contributed by atoms with Crippen molar-refractivity contribution in [2.24, 2.45) is 5.92 Å². The summed E-state index contributed by atoms with van der Waals surface area (Å²) < 4.78 is 8.30. The van der Waals surface area contributed by atoms with E-state index in [1.807, 2.05) is 18.2 Å². The van der Waals surface area contributed by atoms with Crippen LogP contribution in [0.15, 0.2) is 18.2 Å². The van der Waals surface area contributed by atoms with Gasteiger partial charge in [0.2, 0.25) is 11.8 Å². The van der Waals surface area contributed by atoms with Crippen molar-refractivity contribution < 1.29 is 9.59 Å². The van der Waals surface area contributed by atoms with E-state index < -0.39 is 0 Å². The van der Waals surface area contributed by atoms with Crippen LogP contribution in [0.1, 0.15) is 6.92 Å². The molecule has 0 spiro atoms. The number of nitrogens with zero attached hydrogens (tertiary/aromatic N) is 3. The summed E-state index contributed by atoms with van der Waals surface area (Å²) in [7, 11) is 0.